The first kappa shape index (κ1) is 78.5. The summed E-state index contributed by atoms with van der Waals surface area (Å²) in [5.41, 5.74) is 0. The third kappa shape index (κ3) is 65.6. The van der Waals surface area contributed by atoms with E-state index in [1.54, 1.807) is 0 Å². The number of hydrogen-bond acceptors (Lipinski definition) is 8. The van der Waals surface area contributed by atoms with Crippen LogP contribution < -0.4 is 4.89 Å². The number of allylic oxidation sites excluding steroid dienone is 4. The molecule has 80 heavy (non-hydrogen) atoms. The zero-order valence-corrected chi connectivity index (χ0v) is 55.0. The molecule has 0 radical (unpaired) electrons. The van der Waals surface area contributed by atoms with Crippen LogP contribution in [0.2, 0.25) is 0 Å². The second-order valence-electron chi connectivity index (χ2n) is 25.3. The van der Waals surface area contributed by atoms with Crippen LogP contribution in [-0.2, 0) is 32.7 Å². The van der Waals surface area contributed by atoms with Crippen LogP contribution >= 0.6 is 7.82 Å². The van der Waals surface area contributed by atoms with Gasteiger partial charge in [0.05, 0.1) is 27.7 Å². The number of ether oxygens (including phenoxy) is 2. The largest absolute Gasteiger partial charge is 0.756 e. The summed E-state index contributed by atoms with van der Waals surface area (Å²) >= 11 is 0. The van der Waals surface area contributed by atoms with Gasteiger partial charge < -0.3 is 27.9 Å². The Hall–Kier alpha value is -1.51. The van der Waals surface area contributed by atoms with Crippen molar-refractivity contribution in [3.8, 4) is 0 Å². The summed E-state index contributed by atoms with van der Waals surface area (Å²) in [7, 11) is 1.18. The summed E-state index contributed by atoms with van der Waals surface area (Å²) < 4.78 is 34.3. The van der Waals surface area contributed by atoms with E-state index in [0.717, 1.165) is 51.4 Å². The standard InChI is InChI=1S/C70H136NO8P/c1-6-8-10-12-14-16-18-20-22-24-26-28-29-30-31-32-33-34-35-36-37-38-39-40-41-43-44-46-48-50-52-54-56-58-60-62-69(72)76-66-68(67-78-80(74,75)77-65-64-71(3,4)5)79-70(73)63-61-59-57-55-53-51-49-47-45-42-27-25-23-21-19-17-15-13-11-9-7-2/h19,21,25,27,68H,6-18,20,22-24,26,28-67H2,1-5H3/b21-19-,27-25-. The van der Waals surface area contributed by atoms with E-state index < -0.39 is 26.5 Å². The maximum atomic E-state index is 12.8. The summed E-state index contributed by atoms with van der Waals surface area (Å²) in [5, 5.41) is 0. The molecule has 0 heterocycles. The molecule has 0 saturated carbocycles. The molecule has 0 saturated heterocycles. The predicted octanol–water partition coefficient (Wildman–Crippen LogP) is 21.9. The van der Waals surface area contributed by atoms with Crippen molar-refractivity contribution in [1.82, 2.24) is 0 Å². The average molecular weight is 1150 g/mol. The monoisotopic (exact) mass is 1150 g/mol. The normalized spacial score (nSPS) is 13.2. The molecule has 0 bridgehead atoms. The Morgan fingerprint density at radius 1 is 0.388 bits per heavy atom. The molecule has 0 fully saturated rings. The van der Waals surface area contributed by atoms with Crippen molar-refractivity contribution in [1.29, 1.82) is 0 Å². The number of likely N-dealkylation sites (N-methyl/N-ethyl adjacent to an activating group) is 1. The number of unbranched alkanes of at least 4 members (excludes halogenated alkanes) is 48. The lowest BCUT2D eigenvalue weighted by molar-refractivity contribution is -0.870. The lowest BCUT2D eigenvalue weighted by Crippen LogP contribution is -2.37. The van der Waals surface area contributed by atoms with E-state index in [2.05, 4.69) is 38.2 Å². The molecular weight excluding hydrogens is 1010 g/mol. The summed E-state index contributed by atoms with van der Waals surface area (Å²) in [6.45, 7) is 4.29. The van der Waals surface area contributed by atoms with E-state index in [1.165, 1.54) is 276 Å². The van der Waals surface area contributed by atoms with E-state index in [1.807, 2.05) is 21.1 Å². The molecule has 0 aromatic carbocycles. The molecular formula is C70H136NO8P. The van der Waals surface area contributed by atoms with Gasteiger partial charge in [0.25, 0.3) is 7.82 Å². The van der Waals surface area contributed by atoms with E-state index in [0.29, 0.717) is 17.4 Å². The molecule has 0 aliphatic heterocycles. The van der Waals surface area contributed by atoms with Crippen LogP contribution in [0.5, 0.6) is 0 Å². The van der Waals surface area contributed by atoms with E-state index in [9.17, 15) is 19.0 Å². The van der Waals surface area contributed by atoms with Gasteiger partial charge in [0.15, 0.2) is 6.10 Å². The smallest absolute Gasteiger partial charge is 0.306 e. The summed E-state index contributed by atoms with van der Waals surface area (Å²) in [4.78, 5) is 38.0. The van der Waals surface area contributed by atoms with E-state index >= 15 is 0 Å². The Bertz CT molecular complexity index is 1400. The Morgan fingerprint density at radius 3 is 0.988 bits per heavy atom. The lowest BCUT2D eigenvalue weighted by Gasteiger charge is -2.28. The fourth-order valence-corrected chi connectivity index (χ4v) is 11.3. The quantitative estimate of drug-likeness (QED) is 0.0195. The van der Waals surface area contributed by atoms with Crippen LogP contribution in [0.25, 0.3) is 0 Å². The van der Waals surface area contributed by atoms with Crippen molar-refractivity contribution in [3.05, 3.63) is 24.3 Å². The summed E-state index contributed by atoms with van der Waals surface area (Å²) in [6, 6.07) is 0. The van der Waals surface area contributed by atoms with Gasteiger partial charge in [-0.1, -0.05) is 327 Å². The van der Waals surface area contributed by atoms with Crippen molar-refractivity contribution in [2.75, 3.05) is 47.5 Å². The van der Waals surface area contributed by atoms with Gasteiger partial charge in [0.2, 0.25) is 0 Å². The van der Waals surface area contributed by atoms with Crippen LogP contribution in [0.15, 0.2) is 24.3 Å². The minimum Gasteiger partial charge on any atom is -0.756 e. The number of hydrogen-bond donors (Lipinski definition) is 0. The number of rotatable bonds is 66. The number of carbonyl (C=O) groups excluding carboxylic acids is 2. The molecule has 2 atom stereocenters. The minimum absolute atomic E-state index is 0.0290. The zero-order chi connectivity index (χ0) is 58.4. The van der Waals surface area contributed by atoms with Gasteiger partial charge in [0, 0.05) is 12.8 Å². The number of phosphoric acid groups is 1. The fraction of sp³-hybridized carbons (Fsp3) is 0.914. The lowest BCUT2D eigenvalue weighted by atomic mass is 10.0. The molecule has 0 rings (SSSR count). The minimum atomic E-state index is -4.64. The first-order chi connectivity index (χ1) is 39.0. The second kappa shape index (κ2) is 62.0. The maximum absolute atomic E-state index is 12.8. The Morgan fingerprint density at radius 2 is 0.675 bits per heavy atom. The zero-order valence-electron chi connectivity index (χ0n) is 54.1. The number of phosphoric ester groups is 1. The molecule has 0 aliphatic rings. The van der Waals surface area contributed by atoms with Crippen molar-refractivity contribution >= 4 is 19.8 Å². The second-order valence-corrected chi connectivity index (χ2v) is 26.7. The van der Waals surface area contributed by atoms with E-state index in [4.69, 9.17) is 18.5 Å². The summed E-state index contributed by atoms with van der Waals surface area (Å²) in [6.07, 6.45) is 77.0. The van der Waals surface area contributed by atoms with Crippen LogP contribution in [-0.4, -0.2) is 70.0 Å². The first-order valence-corrected chi connectivity index (χ1v) is 36.5. The molecule has 474 valence electrons. The van der Waals surface area contributed by atoms with Gasteiger partial charge in [-0.3, -0.25) is 14.2 Å². The molecule has 0 spiro atoms. The third-order valence-corrected chi connectivity index (χ3v) is 16.9. The van der Waals surface area contributed by atoms with Gasteiger partial charge in [-0.2, -0.15) is 0 Å². The van der Waals surface area contributed by atoms with Gasteiger partial charge in [-0.25, -0.2) is 0 Å². The van der Waals surface area contributed by atoms with Crippen LogP contribution in [0.1, 0.15) is 361 Å². The number of nitrogens with zero attached hydrogens (tertiary/aromatic N) is 1. The van der Waals surface area contributed by atoms with Crippen molar-refractivity contribution in [2.45, 2.75) is 367 Å². The van der Waals surface area contributed by atoms with Crippen LogP contribution in [0.3, 0.4) is 0 Å². The number of esters is 2. The molecule has 0 amide bonds. The highest BCUT2D eigenvalue weighted by Gasteiger charge is 2.22. The molecule has 0 aliphatic carbocycles. The highest BCUT2D eigenvalue weighted by molar-refractivity contribution is 7.45. The van der Waals surface area contributed by atoms with Gasteiger partial charge in [-0.15, -0.1) is 0 Å². The van der Waals surface area contributed by atoms with Crippen LogP contribution in [0, 0.1) is 0 Å². The maximum Gasteiger partial charge on any atom is 0.306 e. The van der Waals surface area contributed by atoms with Crippen molar-refractivity contribution < 1.29 is 42.1 Å². The first-order valence-electron chi connectivity index (χ1n) is 35.0. The van der Waals surface area contributed by atoms with Crippen molar-refractivity contribution in [3.63, 3.8) is 0 Å². The molecule has 10 heteroatoms. The van der Waals surface area contributed by atoms with Crippen LogP contribution in [0.4, 0.5) is 0 Å². The summed E-state index contributed by atoms with van der Waals surface area (Å²) in [5.74, 6) is -0.818. The molecule has 0 N–H and O–H groups in total. The Balaban J connectivity index is 3.94. The SMILES string of the molecule is CCCCCCC/C=C\C/C=C\CCCCCCCCCCCC(=O)OC(COC(=O)CCCCCCCCCCCCCCCCCCCCCCCCCCCCCCCCCCCCC)COP(=O)([O-])OCC[N+](C)(C)C. The average Bonchev–Trinajstić information content (AvgIpc) is 3.42. The fourth-order valence-electron chi connectivity index (χ4n) is 10.6. The Labute approximate surface area is 498 Å². The molecule has 0 aromatic rings. The molecule has 9 nitrogen and oxygen atoms in total. The highest BCUT2D eigenvalue weighted by Crippen LogP contribution is 2.38. The third-order valence-electron chi connectivity index (χ3n) is 16.0. The predicted molar refractivity (Wildman–Crippen MR) is 342 cm³/mol. The molecule has 0 aromatic heterocycles. The van der Waals surface area contributed by atoms with Gasteiger partial charge in [-0.05, 0) is 44.9 Å². The number of carbonyl (C=O) groups is 2. The van der Waals surface area contributed by atoms with Gasteiger partial charge in [0.1, 0.15) is 19.8 Å². The molecule has 2 unspecified atom stereocenters. The topological polar surface area (TPSA) is 111 Å². The number of quaternary nitrogens is 1. The highest BCUT2D eigenvalue weighted by atomic mass is 31.2. The Kier molecular flexibility index (Phi) is 60.9. The van der Waals surface area contributed by atoms with E-state index in [-0.39, 0.29) is 32.0 Å². The van der Waals surface area contributed by atoms with Crippen molar-refractivity contribution in [2.24, 2.45) is 0 Å². The van der Waals surface area contributed by atoms with Gasteiger partial charge >= 0.3 is 11.9 Å².